The second-order valence-electron chi connectivity index (χ2n) is 2.64. The van der Waals surface area contributed by atoms with Crippen LogP contribution in [0, 0.1) is 0 Å². The van der Waals surface area contributed by atoms with Crippen molar-refractivity contribution in [1.82, 2.24) is 0 Å². The largest absolute Gasteiger partial charge is 0.475 e. The van der Waals surface area contributed by atoms with E-state index in [-0.39, 0.29) is 11.8 Å². The molecule has 4 nitrogen and oxygen atoms in total. The molecule has 1 heterocycles. The van der Waals surface area contributed by atoms with Crippen molar-refractivity contribution in [1.29, 1.82) is 0 Å². The molecule has 0 spiro atoms. The number of furan rings is 1. The number of carbonyl (C=O) groups is 1. The van der Waals surface area contributed by atoms with Crippen molar-refractivity contribution >= 4 is 5.97 Å². The van der Waals surface area contributed by atoms with E-state index in [4.69, 9.17) is 15.3 Å². The number of aromatic carboxylic acids is 1. The molecule has 0 unspecified atom stereocenters. The Morgan fingerprint density at radius 3 is 2.92 bits per heavy atom. The van der Waals surface area contributed by atoms with Crippen molar-refractivity contribution in [2.24, 2.45) is 5.73 Å². The molecule has 0 saturated heterocycles. The van der Waals surface area contributed by atoms with E-state index in [0.717, 1.165) is 0 Å². The van der Waals surface area contributed by atoms with E-state index in [1.165, 1.54) is 6.07 Å². The van der Waals surface area contributed by atoms with Gasteiger partial charge >= 0.3 is 5.97 Å². The number of rotatable bonds is 4. The lowest BCUT2D eigenvalue weighted by atomic mass is 10.2. The van der Waals surface area contributed by atoms with Gasteiger partial charge in [0.25, 0.3) is 0 Å². The van der Waals surface area contributed by atoms with Crippen molar-refractivity contribution in [3.8, 4) is 0 Å². The first-order valence-electron chi connectivity index (χ1n) is 3.84. The molecule has 0 saturated carbocycles. The van der Waals surface area contributed by atoms with E-state index in [1.54, 1.807) is 12.1 Å². The minimum Gasteiger partial charge on any atom is -0.475 e. The standard InChI is InChI=1S/C9H11NO3/c1-2-3-6(10)7-4-5-8(13-7)9(11)12/h2,4-6H,1,3,10H2,(H,11,12)/t6-/m0/s1. The van der Waals surface area contributed by atoms with Crippen molar-refractivity contribution in [3.05, 3.63) is 36.3 Å². The molecule has 1 rings (SSSR count). The molecule has 0 aliphatic heterocycles. The summed E-state index contributed by atoms with van der Waals surface area (Å²) in [4.78, 5) is 10.4. The maximum absolute atomic E-state index is 10.4. The van der Waals surface area contributed by atoms with Crippen LogP contribution in [-0.4, -0.2) is 11.1 Å². The lowest BCUT2D eigenvalue weighted by molar-refractivity contribution is 0.0659. The van der Waals surface area contributed by atoms with Gasteiger partial charge in [-0.2, -0.15) is 0 Å². The molecular formula is C9H11NO3. The van der Waals surface area contributed by atoms with Gasteiger partial charge in [0.15, 0.2) is 0 Å². The lowest BCUT2D eigenvalue weighted by Crippen LogP contribution is -2.07. The first-order chi connectivity index (χ1) is 6.15. The number of carboxylic acids is 1. The molecule has 0 amide bonds. The zero-order valence-electron chi connectivity index (χ0n) is 7.06. The Kier molecular flexibility index (Phi) is 2.87. The van der Waals surface area contributed by atoms with Gasteiger partial charge in [0.2, 0.25) is 5.76 Å². The van der Waals surface area contributed by atoms with E-state index < -0.39 is 5.97 Å². The fraction of sp³-hybridized carbons (Fsp3) is 0.222. The molecule has 0 radical (unpaired) electrons. The highest BCUT2D eigenvalue weighted by Crippen LogP contribution is 2.17. The Bertz CT molecular complexity index is 316. The van der Waals surface area contributed by atoms with Crippen LogP contribution in [0.2, 0.25) is 0 Å². The van der Waals surface area contributed by atoms with E-state index in [1.807, 2.05) is 0 Å². The summed E-state index contributed by atoms with van der Waals surface area (Å²) in [5.41, 5.74) is 5.66. The highest BCUT2D eigenvalue weighted by molar-refractivity contribution is 5.84. The number of hydrogen-bond donors (Lipinski definition) is 2. The summed E-state index contributed by atoms with van der Waals surface area (Å²) in [6, 6.07) is 2.64. The van der Waals surface area contributed by atoms with E-state index in [0.29, 0.717) is 12.2 Å². The Morgan fingerprint density at radius 2 is 2.46 bits per heavy atom. The first-order valence-corrected chi connectivity index (χ1v) is 3.84. The van der Waals surface area contributed by atoms with Gasteiger partial charge in [0.05, 0.1) is 6.04 Å². The topological polar surface area (TPSA) is 76.5 Å². The number of hydrogen-bond acceptors (Lipinski definition) is 3. The Morgan fingerprint density at radius 1 is 1.77 bits per heavy atom. The maximum Gasteiger partial charge on any atom is 0.371 e. The molecule has 13 heavy (non-hydrogen) atoms. The molecule has 0 fully saturated rings. The van der Waals surface area contributed by atoms with Gasteiger partial charge in [-0.25, -0.2) is 4.79 Å². The molecular weight excluding hydrogens is 170 g/mol. The third-order valence-electron chi connectivity index (χ3n) is 1.62. The van der Waals surface area contributed by atoms with Crippen LogP contribution in [-0.2, 0) is 0 Å². The average molecular weight is 181 g/mol. The number of nitrogens with two attached hydrogens (primary N) is 1. The predicted octanol–water partition coefficient (Wildman–Crippen LogP) is 1.55. The Labute approximate surface area is 75.7 Å². The summed E-state index contributed by atoms with van der Waals surface area (Å²) in [6.45, 7) is 3.53. The molecule has 70 valence electrons. The number of carboxylic acid groups (broad SMARTS) is 1. The highest BCUT2D eigenvalue weighted by atomic mass is 16.4. The van der Waals surface area contributed by atoms with Gasteiger partial charge in [-0.05, 0) is 18.6 Å². The van der Waals surface area contributed by atoms with Crippen molar-refractivity contribution in [3.63, 3.8) is 0 Å². The molecule has 4 heteroatoms. The zero-order valence-corrected chi connectivity index (χ0v) is 7.06. The average Bonchev–Trinajstić information content (AvgIpc) is 2.52. The quantitative estimate of drug-likeness (QED) is 0.691. The van der Waals surface area contributed by atoms with Crippen LogP contribution < -0.4 is 5.73 Å². The highest BCUT2D eigenvalue weighted by Gasteiger charge is 2.12. The predicted molar refractivity (Wildman–Crippen MR) is 47.4 cm³/mol. The molecule has 1 aromatic rings. The maximum atomic E-state index is 10.4. The van der Waals surface area contributed by atoms with E-state index >= 15 is 0 Å². The fourth-order valence-electron chi connectivity index (χ4n) is 0.963. The first kappa shape index (κ1) is 9.54. The van der Waals surface area contributed by atoms with Crippen LogP contribution in [0.25, 0.3) is 0 Å². The van der Waals surface area contributed by atoms with Crippen LogP contribution in [0.3, 0.4) is 0 Å². The Balaban J connectivity index is 2.78. The minimum absolute atomic E-state index is 0.0884. The van der Waals surface area contributed by atoms with Gasteiger partial charge in [0.1, 0.15) is 5.76 Å². The van der Waals surface area contributed by atoms with Crippen LogP contribution in [0.5, 0.6) is 0 Å². The van der Waals surface area contributed by atoms with Crippen molar-refractivity contribution in [2.45, 2.75) is 12.5 Å². The molecule has 3 N–H and O–H groups in total. The van der Waals surface area contributed by atoms with Crippen LogP contribution >= 0.6 is 0 Å². The molecule has 0 aliphatic rings. The minimum atomic E-state index is -1.09. The second kappa shape index (κ2) is 3.91. The second-order valence-corrected chi connectivity index (χ2v) is 2.64. The van der Waals surface area contributed by atoms with Gasteiger partial charge in [0, 0.05) is 0 Å². The van der Waals surface area contributed by atoms with Crippen LogP contribution in [0.4, 0.5) is 0 Å². The van der Waals surface area contributed by atoms with Gasteiger partial charge in [-0.15, -0.1) is 6.58 Å². The summed E-state index contributed by atoms with van der Waals surface area (Å²) < 4.78 is 4.99. The summed E-state index contributed by atoms with van der Waals surface area (Å²) in [5.74, 6) is -0.705. The third kappa shape index (κ3) is 2.19. The molecule has 0 aromatic carbocycles. The summed E-state index contributed by atoms with van der Waals surface area (Å²) >= 11 is 0. The van der Waals surface area contributed by atoms with E-state index in [9.17, 15) is 4.79 Å². The normalized spacial score (nSPS) is 12.4. The van der Waals surface area contributed by atoms with Gasteiger partial charge < -0.3 is 15.3 Å². The van der Waals surface area contributed by atoms with Gasteiger partial charge in [-0.3, -0.25) is 0 Å². The monoisotopic (exact) mass is 181 g/mol. The summed E-state index contributed by atoms with van der Waals surface area (Å²) in [6.07, 6.45) is 2.22. The van der Waals surface area contributed by atoms with E-state index in [2.05, 4.69) is 6.58 Å². The van der Waals surface area contributed by atoms with Crippen LogP contribution in [0.15, 0.2) is 29.2 Å². The lowest BCUT2D eigenvalue weighted by Gasteiger charge is -2.03. The van der Waals surface area contributed by atoms with Crippen molar-refractivity contribution < 1.29 is 14.3 Å². The van der Waals surface area contributed by atoms with Crippen LogP contribution in [0.1, 0.15) is 28.8 Å². The summed E-state index contributed by atoms with van der Waals surface area (Å²) in [5, 5.41) is 8.56. The summed E-state index contributed by atoms with van der Waals surface area (Å²) in [7, 11) is 0. The third-order valence-corrected chi connectivity index (χ3v) is 1.62. The molecule has 0 aliphatic carbocycles. The molecule has 1 atom stereocenters. The molecule has 1 aromatic heterocycles. The van der Waals surface area contributed by atoms with Crippen molar-refractivity contribution in [2.75, 3.05) is 0 Å². The molecule has 0 bridgehead atoms. The smallest absolute Gasteiger partial charge is 0.371 e. The SMILES string of the molecule is C=CC[C@H](N)c1ccc(C(=O)O)o1. The Hall–Kier alpha value is -1.55. The zero-order chi connectivity index (χ0) is 9.84. The van der Waals surface area contributed by atoms with Gasteiger partial charge in [-0.1, -0.05) is 6.08 Å². The fourth-order valence-corrected chi connectivity index (χ4v) is 0.963.